The molecule has 0 N–H and O–H groups in total. The maximum Gasteiger partial charge on any atom is 0.0891 e. The summed E-state index contributed by atoms with van der Waals surface area (Å²) < 4.78 is 0. The summed E-state index contributed by atoms with van der Waals surface area (Å²) in [7, 11) is 0. The van der Waals surface area contributed by atoms with Gasteiger partial charge in [0.05, 0.1) is 6.34 Å². The average Bonchev–Trinajstić information content (AvgIpc) is 1.97. The van der Waals surface area contributed by atoms with E-state index < -0.39 is 0 Å². The number of hydrogen-bond donors (Lipinski definition) is 0. The van der Waals surface area contributed by atoms with E-state index >= 15 is 0 Å². The molecular weight excluding hydrogens is 136 g/mol. The second-order valence-corrected chi connectivity index (χ2v) is 2.64. The summed E-state index contributed by atoms with van der Waals surface area (Å²) in [6.07, 6.45) is 5.93. The van der Waals surface area contributed by atoms with E-state index in [-0.39, 0.29) is 0 Å². The van der Waals surface area contributed by atoms with E-state index in [9.17, 15) is 0 Å². The van der Waals surface area contributed by atoms with Crippen LogP contribution in [0, 0.1) is 0 Å². The molecule has 0 saturated carbocycles. The van der Waals surface area contributed by atoms with Crippen LogP contribution < -0.4 is 0 Å². The fourth-order valence-corrected chi connectivity index (χ4v) is 0.692. The molecule has 0 aromatic heterocycles. The van der Waals surface area contributed by atoms with E-state index in [4.69, 9.17) is 0 Å². The Bertz CT molecular complexity index is 136. The standard InChI is InChI=1S/C9H18N2/c1-5-7-11(9(3)4)8-10-6-2/h5,7-9H,6H2,1-4H3/b7-5+,10-8?. The molecule has 0 radical (unpaired) electrons. The fraction of sp³-hybridized carbons (Fsp3) is 0.667. The topological polar surface area (TPSA) is 15.6 Å². The number of allylic oxidation sites excluding steroid dienone is 1. The molecule has 0 aliphatic rings. The smallest absolute Gasteiger partial charge is 0.0891 e. The molecule has 0 rings (SSSR count). The first-order valence-corrected chi connectivity index (χ1v) is 4.12. The van der Waals surface area contributed by atoms with E-state index in [0.29, 0.717) is 6.04 Å². The maximum atomic E-state index is 4.16. The van der Waals surface area contributed by atoms with E-state index in [1.165, 1.54) is 0 Å². The largest absolute Gasteiger partial charge is 0.337 e. The van der Waals surface area contributed by atoms with Crippen molar-refractivity contribution < 1.29 is 0 Å². The van der Waals surface area contributed by atoms with Crippen molar-refractivity contribution in [2.24, 2.45) is 4.99 Å². The van der Waals surface area contributed by atoms with Crippen LogP contribution >= 0.6 is 0 Å². The van der Waals surface area contributed by atoms with Crippen molar-refractivity contribution in [2.75, 3.05) is 6.54 Å². The molecule has 2 nitrogen and oxygen atoms in total. The maximum absolute atomic E-state index is 4.16. The summed E-state index contributed by atoms with van der Waals surface area (Å²) in [5.41, 5.74) is 0. The van der Waals surface area contributed by atoms with Crippen LogP contribution in [0.4, 0.5) is 0 Å². The van der Waals surface area contributed by atoms with Gasteiger partial charge in [-0.3, -0.25) is 4.99 Å². The molecule has 0 amide bonds. The number of nitrogens with zero attached hydrogens (tertiary/aromatic N) is 2. The minimum Gasteiger partial charge on any atom is -0.337 e. The molecule has 0 unspecified atom stereocenters. The second kappa shape index (κ2) is 5.96. The summed E-state index contributed by atoms with van der Waals surface area (Å²) in [5.74, 6) is 0. The van der Waals surface area contributed by atoms with Gasteiger partial charge in [0.2, 0.25) is 0 Å². The highest BCUT2D eigenvalue weighted by Gasteiger charge is 1.97. The highest BCUT2D eigenvalue weighted by atomic mass is 15.1. The van der Waals surface area contributed by atoms with Gasteiger partial charge in [0.15, 0.2) is 0 Å². The number of hydrogen-bond acceptors (Lipinski definition) is 1. The van der Waals surface area contributed by atoms with Gasteiger partial charge in [-0.05, 0) is 27.7 Å². The van der Waals surface area contributed by atoms with Crippen molar-refractivity contribution in [3.63, 3.8) is 0 Å². The molecule has 2 heteroatoms. The molecule has 0 bridgehead atoms. The molecule has 0 atom stereocenters. The van der Waals surface area contributed by atoms with E-state index in [1.807, 2.05) is 32.5 Å². The highest BCUT2D eigenvalue weighted by Crippen LogP contribution is 1.95. The van der Waals surface area contributed by atoms with E-state index in [2.05, 4.69) is 23.7 Å². The second-order valence-electron chi connectivity index (χ2n) is 2.64. The predicted octanol–water partition coefficient (Wildman–Crippen LogP) is 2.28. The quantitative estimate of drug-likeness (QED) is 0.448. The molecule has 0 aromatic carbocycles. The van der Waals surface area contributed by atoms with Gasteiger partial charge in [-0.15, -0.1) is 0 Å². The fourth-order valence-electron chi connectivity index (χ4n) is 0.692. The summed E-state index contributed by atoms with van der Waals surface area (Å²) in [6.45, 7) is 9.17. The lowest BCUT2D eigenvalue weighted by molar-refractivity contribution is 0.469. The normalized spacial score (nSPS) is 12.1. The minimum atomic E-state index is 0.487. The Morgan fingerprint density at radius 2 is 2.09 bits per heavy atom. The first-order valence-electron chi connectivity index (χ1n) is 4.12. The summed E-state index contributed by atoms with van der Waals surface area (Å²) in [4.78, 5) is 6.25. The molecule has 0 aromatic rings. The summed E-state index contributed by atoms with van der Waals surface area (Å²) >= 11 is 0. The Kier molecular flexibility index (Phi) is 5.53. The first-order chi connectivity index (χ1) is 5.22. The monoisotopic (exact) mass is 154 g/mol. The van der Waals surface area contributed by atoms with Crippen LogP contribution in [0.3, 0.4) is 0 Å². The number of rotatable bonds is 4. The minimum absolute atomic E-state index is 0.487. The van der Waals surface area contributed by atoms with E-state index in [1.54, 1.807) is 0 Å². The summed E-state index contributed by atoms with van der Waals surface area (Å²) in [5, 5.41) is 0. The van der Waals surface area contributed by atoms with Crippen molar-refractivity contribution in [2.45, 2.75) is 33.7 Å². The van der Waals surface area contributed by atoms with Gasteiger partial charge in [0, 0.05) is 18.8 Å². The Hall–Kier alpha value is -0.790. The van der Waals surface area contributed by atoms with Gasteiger partial charge < -0.3 is 4.90 Å². The molecule has 64 valence electrons. The van der Waals surface area contributed by atoms with Gasteiger partial charge in [0.1, 0.15) is 0 Å². The summed E-state index contributed by atoms with van der Waals surface area (Å²) in [6, 6.07) is 0.487. The van der Waals surface area contributed by atoms with Crippen LogP contribution in [0.5, 0.6) is 0 Å². The molecule has 11 heavy (non-hydrogen) atoms. The lowest BCUT2D eigenvalue weighted by atomic mass is 10.3. The van der Waals surface area contributed by atoms with Gasteiger partial charge in [-0.2, -0.15) is 0 Å². The van der Waals surface area contributed by atoms with Crippen LogP contribution in [0.25, 0.3) is 0 Å². The zero-order valence-corrected chi connectivity index (χ0v) is 7.91. The van der Waals surface area contributed by atoms with Crippen molar-refractivity contribution >= 4 is 6.34 Å². The molecular formula is C9H18N2. The van der Waals surface area contributed by atoms with Crippen LogP contribution in [0.15, 0.2) is 17.3 Å². The van der Waals surface area contributed by atoms with Crippen LogP contribution in [0.1, 0.15) is 27.7 Å². The Labute approximate surface area is 69.6 Å². The van der Waals surface area contributed by atoms with Crippen molar-refractivity contribution in [3.8, 4) is 0 Å². The van der Waals surface area contributed by atoms with Gasteiger partial charge in [-0.25, -0.2) is 0 Å². The molecule has 0 spiro atoms. The third-order valence-electron chi connectivity index (χ3n) is 1.32. The molecule has 0 aliphatic heterocycles. The van der Waals surface area contributed by atoms with Gasteiger partial charge in [0.25, 0.3) is 0 Å². The molecule has 0 heterocycles. The van der Waals surface area contributed by atoms with Crippen LogP contribution in [-0.4, -0.2) is 23.8 Å². The van der Waals surface area contributed by atoms with Crippen LogP contribution in [0.2, 0.25) is 0 Å². The predicted molar refractivity (Wildman–Crippen MR) is 50.8 cm³/mol. The average molecular weight is 154 g/mol. The van der Waals surface area contributed by atoms with Gasteiger partial charge in [-0.1, -0.05) is 6.08 Å². The molecule has 0 aliphatic carbocycles. The van der Waals surface area contributed by atoms with Crippen molar-refractivity contribution in [1.82, 2.24) is 4.90 Å². The van der Waals surface area contributed by atoms with Crippen LogP contribution in [-0.2, 0) is 0 Å². The molecule has 0 saturated heterocycles. The van der Waals surface area contributed by atoms with Crippen molar-refractivity contribution in [3.05, 3.63) is 12.3 Å². The SMILES string of the molecule is C/C=C/N(C=NCC)C(C)C. The zero-order chi connectivity index (χ0) is 8.69. The lowest BCUT2D eigenvalue weighted by Crippen LogP contribution is -2.23. The Balaban J connectivity index is 3.99. The third kappa shape index (κ3) is 4.59. The van der Waals surface area contributed by atoms with E-state index in [0.717, 1.165) is 6.54 Å². The third-order valence-corrected chi connectivity index (χ3v) is 1.32. The lowest BCUT2D eigenvalue weighted by Gasteiger charge is -2.18. The molecule has 0 fully saturated rings. The first kappa shape index (κ1) is 10.2. The highest BCUT2D eigenvalue weighted by molar-refractivity contribution is 5.56. The Morgan fingerprint density at radius 1 is 1.45 bits per heavy atom. The Morgan fingerprint density at radius 3 is 2.45 bits per heavy atom. The van der Waals surface area contributed by atoms with Crippen molar-refractivity contribution in [1.29, 1.82) is 0 Å². The van der Waals surface area contributed by atoms with Gasteiger partial charge >= 0.3 is 0 Å². The zero-order valence-electron chi connectivity index (χ0n) is 7.91. The number of aliphatic imine (C=N–C) groups is 1.